The van der Waals surface area contributed by atoms with Crippen molar-refractivity contribution in [2.24, 2.45) is 5.92 Å². The van der Waals surface area contributed by atoms with Gasteiger partial charge in [-0.05, 0) is 35.4 Å². The standard InChI is InChI=1S/C28H36N2O/c1-24(2)20-29(23-28(31)19-18-25-12-6-3-7-13-25)30(21-26-14-8-4-9-15-26)22-27-16-10-5-11-17-27/h3-17,24,28,31H,18-23H2,1-2H3/t28-/m1/s1. The van der Waals surface area contributed by atoms with Crippen LogP contribution in [0.25, 0.3) is 0 Å². The summed E-state index contributed by atoms with van der Waals surface area (Å²) in [6.45, 7) is 7.70. The van der Waals surface area contributed by atoms with Crippen molar-refractivity contribution >= 4 is 0 Å². The summed E-state index contributed by atoms with van der Waals surface area (Å²) in [5.74, 6) is 0.510. The fourth-order valence-electron chi connectivity index (χ4n) is 3.88. The fourth-order valence-corrected chi connectivity index (χ4v) is 3.88. The zero-order valence-corrected chi connectivity index (χ0v) is 18.9. The van der Waals surface area contributed by atoms with Gasteiger partial charge in [0, 0.05) is 26.2 Å². The summed E-state index contributed by atoms with van der Waals surface area (Å²) in [6, 6.07) is 31.6. The molecule has 0 aromatic heterocycles. The molecular weight excluding hydrogens is 380 g/mol. The zero-order valence-electron chi connectivity index (χ0n) is 18.9. The van der Waals surface area contributed by atoms with Crippen molar-refractivity contribution in [3.63, 3.8) is 0 Å². The van der Waals surface area contributed by atoms with Crippen molar-refractivity contribution < 1.29 is 5.11 Å². The molecule has 0 heterocycles. The lowest BCUT2D eigenvalue weighted by atomic mass is 10.1. The van der Waals surface area contributed by atoms with Crippen LogP contribution in [0.15, 0.2) is 91.0 Å². The Morgan fingerprint density at radius 3 is 1.52 bits per heavy atom. The first-order valence-electron chi connectivity index (χ1n) is 11.4. The first-order chi connectivity index (χ1) is 15.1. The van der Waals surface area contributed by atoms with Crippen LogP contribution in [0, 0.1) is 5.92 Å². The predicted octanol–water partition coefficient (Wildman–Crippen LogP) is 5.56. The van der Waals surface area contributed by atoms with Crippen LogP contribution in [0.3, 0.4) is 0 Å². The molecule has 3 rings (SSSR count). The van der Waals surface area contributed by atoms with Gasteiger partial charge in [-0.1, -0.05) is 105 Å². The Bertz CT molecular complexity index is 810. The summed E-state index contributed by atoms with van der Waals surface area (Å²) in [5.41, 5.74) is 3.85. The van der Waals surface area contributed by atoms with E-state index in [-0.39, 0.29) is 6.10 Å². The average Bonchev–Trinajstić information content (AvgIpc) is 2.79. The van der Waals surface area contributed by atoms with Crippen LogP contribution in [-0.4, -0.2) is 34.3 Å². The Kier molecular flexibility index (Phi) is 9.29. The van der Waals surface area contributed by atoms with E-state index >= 15 is 0 Å². The molecule has 0 aliphatic carbocycles. The number of aliphatic hydroxyl groups excluding tert-OH is 1. The first kappa shape index (κ1) is 23.2. The van der Waals surface area contributed by atoms with Crippen molar-refractivity contribution in [3.8, 4) is 0 Å². The number of aryl methyl sites for hydroxylation is 1. The first-order valence-corrected chi connectivity index (χ1v) is 11.4. The van der Waals surface area contributed by atoms with E-state index in [1.165, 1.54) is 16.7 Å². The molecular formula is C28H36N2O. The molecule has 0 amide bonds. The highest BCUT2D eigenvalue weighted by atomic mass is 16.3. The Hall–Kier alpha value is -2.46. The monoisotopic (exact) mass is 416 g/mol. The fraction of sp³-hybridized carbons (Fsp3) is 0.357. The van der Waals surface area contributed by atoms with Crippen LogP contribution < -0.4 is 0 Å². The minimum atomic E-state index is -0.368. The number of hydrogen-bond donors (Lipinski definition) is 1. The van der Waals surface area contributed by atoms with Gasteiger partial charge in [-0.25, -0.2) is 10.0 Å². The minimum Gasteiger partial charge on any atom is -0.392 e. The molecule has 0 fully saturated rings. The second kappa shape index (κ2) is 12.4. The van der Waals surface area contributed by atoms with Gasteiger partial charge in [0.15, 0.2) is 0 Å². The van der Waals surface area contributed by atoms with Crippen molar-refractivity contribution in [3.05, 3.63) is 108 Å². The Morgan fingerprint density at radius 1 is 0.613 bits per heavy atom. The number of aliphatic hydroxyl groups is 1. The number of rotatable bonds is 12. The third kappa shape index (κ3) is 8.29. The summed E-state index contributed by atoms with van der Waals surface area (Å²) < 4.78 is 0. The van der Waals surface area contributed by atoms with E-state index in [0.29, 0.717) is 12.5 Å². The van der Waals surface area contributed by atoms with Crippen molar-refractivity contribution in [2.45, 2.75) is 45.9 Å². The summed E-state index contributed by atoms with van der Waals surface area (Å²) in [4.78, 5) is 0. The maximum absolute atomic E-state index is 10.9. The third-order valence-corrected chi connectivity index (χ3v) is 5.42. The molecule has 0 aliphatic rings. The molecule has 164 valence electrons. The number of benzene rings is 3. The van der Waals surface area contributed by atoms with Crippen LogP contribution in [0.4, 0.5) is 0 Å². The summed E-state index contributed by atoms with van der Waals surface area (Å²) in [6.07, 6.45) is 1.30. The van der Waals surface area contributed by atoms with Crippen LogP contribution in [0.1, 0.15) is 37.0 Å². The maximum atomic E-state index is 10.9. The molecule has 1 N–H and O–H groups in total. The third-order valence-electron chi connectivity index (χ3n) is 5.42. The van der Waals surface area contributed by atoms with E-state index in [2.05, 4.69) is 109 Å². The maximum Gasteiger partial charge on any atom is 0.0684 e. The summed E-state index contributed by atoms with van der Waals surface area (Å²) in [5, 5.41) is 15.7. The second-order valence-electron chi connectivity index (χ2n) is 8.74. The summed E-state index contributed by atoms with van der Waals surface area (Å²) >= 11 is 0. The molecule has 3 nitrogen and oxygen atoms in total. The van der Waals surface area contributed by atoms with Gasteiger partial charge in [-0.15, -0.1) is 0 Å². The minimum absolute atomic E-state index is 0.368. The van der Waals surface area contributed by atoms with Gasteiger partial charge in [0.1, 0.15) is 0 Å². The zero-order chi connectivity index (χ0) is 21.9. The van der Waals surface area contributed by atoms with Crippen LogP contribution >= 0.6 is 0 Å². The van der Waals surface area contributed by atoms with Gasteiger partial charge < -0.3 is 5.11 Å². The van der Waals surface area contributed by atoms with E-state index < -0.39 is 0 Å². The molecule has 1 atom stereocenters. The normalized spacial score (nSPS) is 12.6. The Labute approximate surface area is 187 Å². The second-order valence-corrected chi connectivity index (χ2v) is 8.74. The number of nitrogens with zero attached hydrogens (tertiary/aromatic N) is 2. The lowest BCUT2D eigenvalue weighted by Gasteiger charge is -2.37. The lowest BCUT2D eigenvalue weighted by Crippen LogP contribution is -2.47. The number of hydrazine groups is 1. The van der Waals surface area contributed by atoms with Gasteiger partial charge in [0.2, 0.25) is 0 Å². The van der Waals surface area contributed by atoms with E-state index in [0.717, 1.165) is 32.5 Å². The SMILES string of the molecule is CC(C)CN(C[C@H](O)CCc1ccccc1)N(Cc1ccccc1)Cc1ccccc1. The van der Waals surface area contributed by atoms with E-state index in [9.17, 15) is 5.11 Å². The van der Waals surface area contributed by atoms with Crippen LogP contribution in [0.5, 0.6) is 0 Å². The average molecular weight is 417 g/mol. The smallest absolute Gasteiger partial charge is 0.0684 e. The highest BCUT2D eigenvalue weighted by Crippen LogP contribution is 2.16. The van der Waals surface area contributed by atoms with Crippen molar-refractivity contribution in [2.75, 3.05) is 13.1 Å². The molecule has 3 aromatic rings. The van der Waals surface area contributed by atoms with Gasteiger partial charge in [0.05, 0.1) is 6.10 Å². The Balaban J connectivity index is 1.72. The molecule has 0 saturated carbocycles. The highest BCUT2D eigenvalue weighted by Gasteiger charge is 2.21. The molecule has 3 aromatic carbocycles. The molecule has 0 bridgehead atoms. The molecule has 0 aliphatic heterocycles. The van der Waals surface area contributed by atoms with Crippen LogP contribution in [-0.2, 0) is 19.5 Å². The van der Waals surface area contributed by atoms with E-state index in [4.69, 9.17) is 0 Å². The lowest BCUT2D eigenvalue weighted by molar-refractivity contribution is -0.0750. The molecule has 3 heteroatoms. The molecule has 31 heavy (non-hydrogen) atoms. The molecule has 0 radical (unpaired) electrons. The van der Waals surface area contributed by atoms with E-state index in [1.807, 2.05) is 6.07 Å². The van der Waals surface area contributed by atoms with Crippen LogP contribution in [0.2, 0.25) is 0 Å². The highest BCUT2D eigenvalue weighted by molar-refractivity contribution is 5.17. The molecule has 0 saturated heterocycles. The molecule has 0 spiro atoms. The predicted molar refractivity (Wildman–Crippen MR) is 129 cm³/mol. The molecule has 0 unspecified atom stereocenters. The Morgan fingerprint density at radius 2 is 1.06 bits per heavy atom. The van der Waals surface area contributed by atoms with Gasteiger partial charge >= 0.3 is 0 Å². The van der Waals surface area contributed by atoms with E-state index in [1.54, 1.807) is 0 Å². The topological polar surface area (TPSA) is 26.7 Å². The van der Waals surface area contributed by atoms with Gasteiger partial charge in [-0.3, -0.25) is 0 Å². The van der Waals surface area contributed by atoms with Crippen molar-refractivity contribution in [1.82, 2.24) is 10.0 Å². The number of hydrogen-bond acceptors (Lipinski definition) is 3. The summed E-state index contributed by atoms with van der Waals surface area (Å²) in [7, 11) is 0. The van der Waals surface area contributed by atoms with Crippen molar-refractivity contribution in [1.29, 1.82) is 0 Å². The van der Waals surface area contributed by atoms with Gasteiger partial charge in [-0.2, -0.15) is 0 Å². The largest absolute Gasteiger partial charge is 0.392 e. The quantitative estimate of drug-likeness (QED) is 0.392. The van der Waals surface area contributed by atoms with Gasteiger partial charge in [0.25, 0.3) is 0 Å².